The lowest BCUT2D eigenvalue weighted by Crippen LogP contribution is -2.45. The highest BCUT2D eigenvalue weighted by Gasteiger charge is 2.17. The van der Waals surface area contributed by atoms with Crippen LogP contribution in [-0.4, -0.2) is 44.3 Å². The predicted molar refractivity (Wildman–Crippen MR) is 127 cm³/mol. The van der Waals surface area contributed by atoms with E-state index in [-0.39, 0.29) is 0 Å². The lowest BCUT2D eigenvalue weighted by atomic mass is 10.1. The number of para-hydroxylation sites is 1. The Morgan fingerprint density at radius 1 is 0.677 bits per heavy atom. The van der Waals surface area contributed by atoms with Crippen LogP contribution in [0.25, 0.3) is 0 Å². The Morgan fingerprint density at radius 2 is 1.29 bits per heavy atom. The first kappa shape index (κ1) is 21.3. The van der Waals surface area contributed by atoms with E-state index in [1.807, 2.05) is 31.2 Å². The van der Waals surface area contributed by atoms with Crippen LogP contribution < -0.4 is 14.4 Å². The van der Waals surface area contributed by atoms with E-state index < -0.39 is 0 Å². The Balaban J connectivity index is 1.19. The lowest BCUT2D eigenvalue weighted by molar-refractivity contribution is 0.250. The lowest BCUT2D eigenvalue weighted by Gasteiger charge is -2.36. The van der Waals surface area contributed by atoms with E-state index in [1.165, 1.54) is 16.8 Å². The van der Waals surface area contributed by atoms with Gasteiger partial charge in [-0.25, -0.2) is 0 Å². The van der Waals surface area contributed by atoms with Gasteiger partial charge in [0.2, 0.25) is 0 Å². The number of nitrogens with zero attached hydrogens (tertiary/aromatic N) is 2. The Hall–Kier alpha value is -2.98. The average Bonchev–Trinajstić information content (AvgIpc) is 2.83. The van der Waals surface area contributed by atoms with Crippen LogP contribution in [0.3, 0.4) is 0 Å². The van der Waals surface area contributed by atoms with E-state index in [0.29, 0.717) is 13.2 Å². The van der Waals surface area contributed by atoms with Crippen LogP contribution in [0.1, 0.15) is 18.1 Å². The van der Waals surface area contributed by atoms with Crippen LogP contribution in [0.5, 0.6) is 11.5 Å². The quantitative estimate of drug-likeness (QED) is 0.488. The first-order valence-corrected chi connectivity index (χ1v) is 11.3. The number of anilines is 1. The molecule has 0 saturated carbocycles. The van der Waals surface area contributed by atoms with Crippen LogP contribution >= 0.6 is 0 Å². The van der Waals surface area contributed by atoms with E-state index in [1.54, 1.807) is 0 Å². The van der Waals surface area contributed by atoms with Gasteiger partial charge in [0.05, 0.1) is 13.2 Å². The molecule has 4 heteroatoms. The third-order valence-electron chi connectivity index (χ3n) is 5.72. The molecule has 1 aliphatic heterocycles. The second-order valence-corrected chi connectivity index (χ2v) is 7.92. The largest absolute Gasteiger partial charge is 0.494 e. The first-order chi connectivity index (χ1) is 15.3. The monoisotopic (exact) mass is 416 g/mol. The summed E-state index contributed by atoms with van der Waals surface area (Å²) in [7, 11) is 0. The zero-order valence-corrected chi connectivity index (χ0v) is 18.4. The summed E-state index contributed by atoms with van der Waals surface area (Å²) >= 11 is 0. The van der Waals surface area contributed by atoms with Gasteiger partial charge in [-0.3, -0.25) is 4.90 Å². The maximum absolute atomic E-state index is 5.87. The van der Waals surface area contributed by atoms with Gasteiger partial charge >= 0.3 is 0 Å². The zero-order chi connectivity index (χ0) is 21.3. The molecule has 0 bridgehead atoms. The summed E-state index contributed by atoms with van der Waals surface area (Å²) in [5.74, 6) is 1.77. The first-order valence-electron chi connectivity index (χ1n) is 11.3. The van der Waals surface area contributed by atoms with Gasteiger partial charge in [0.15, 0.2) is 0 Å². The number of benzene rings is 3. The van der Waals surface area contributed by atoms with Crippen LogP contribution in [-0.2, 0) is 13.0 Å². The minimum atomic E-state index is 0.675. The van der Waals surface area contributed by atoms with Crippen molar-refractivity contribution < 1.29 is 9.47 Å². The van der Waals surface area contributed by atoms with Crippen molar-refractivity contribution in [3.05, 3.63) is 90.0 Å². The summed E-state index contributed by atoms with van der Waals surface area (Å²) in [6.07, 6.45) is 0.906. The highest BCUT2D eigenvalue weighted by Crippen LogP contribution is 2.19. The highest BCUT2D eigenvalue weighted by molar-refractivity contribution is 5.46. The average molecular weight is 417 g/mol. The van der Waals surface area contributed by atoms with Crippen molar-refractivity contribution in [3.8, 4) is 11.5 Å². The minimum Gasteiger partial charge on any atom is -0.494 e. The molecule has 0 unspecified atom stereocenters. The molecule has 31 heavy (non-hydrogen) atoms. The normalized spacial score (nSPS) is 14.4. The van der Waals surface area contributed by atoms with Gasteiger partial charge in [-0.15, -0.1) is 0 Å². The van der Waals surface area contributed by atoms with Crippen molar-refractivity contribution in [2.75, 3.05) is 44.3 Å². The van der Waals surface area contributed by atoms with E-state index in [9.17, 15) is 0 Å². The molecule has 0 radical (unpaired) electrons. The summed E-state index contributed by atoms with van der Waals surface area (Å²) in [5, 5.41) is 0. The van der Waals surface area contributed by atoms with Crippen LogP contribution in [0.2, 0.25) is 0 Å². The molecule has 0 N–H and O–H groups in total. The van der Waals surface area contributed by atoms with Gasteiger partial charge in [0, 0.05) is 44.8 Å². The van der Waals surface area contributed by atoms with Gasteiger partial charge in [-0.2, -0.15) is 0 Å². The van der Waals surface area contributed by atoms with E-state index >= 15 is 0 Å². The Bertz CT molecular complexity index is 902. The second kappa shape index (κ2) is 10.9. The number of hydrogen-bond acceptors (Lipinski definition) is 4. The van der Waals surface area contributed by atoms with Crippen molar-refractivity contribution in [1.29, 1.82) is 0 Å². The number of ether oxygens (including phenoxy) is 2. The Labute approximate surface area is 186 Å². The van der Waals surface area contributed by atoms with Crippen molar-refractivity contribution in [2.45, 2.75) is 19.9 Å². The second-order valence-electron chi connectivity index (χ2n) is 7.92. The van der Waals surface area contributed by atoms with E-state index in [0.717, 1.165) is 50.6 Å². The van der Waals surface area contributed by atoms with Crippen molar-refractivity contribution in [2.24, 2.45) is 0 Å². The molecule has 0 aromatic heterocycles. The number of hydrogen-bond donors (Lipinski definition) is 0. The van der Waals surface area contributed by atoms with Gasteiger partial charge in [0.25, 0.3) is 0 Å². The molecule has 0 aliphatic carbocycles. The molecule has 0 spiro atoms. The summed E-state index contributed by atoms with van der Waals surface area (Å²) in [6, 6.07) is 27.5. The summed E-state index contributed by atoms with van der Waals surface area (Å²) in [4.78, 5) is 5.02. The van der Waals surface area contributed by atoms with Gasteiger partial charge < -0.3 is 14.4 Å². The van der Waals surface area contributed by atoms with Crippen LogP contribution in [0.15, 0.2) is 78.9 Å². The molecule has 3 aromatic carbocycles. The summed E-state index contributed by atoms with van der Waals surface area (Å²) < 4.78 is 11.3. The molecular weight excluding hydrogens is 384 g/mol. The smallest absolute Gasteiger partial charge is 0.119 e. The third kappa shape index (κ3) is 6.25. The fraction of sp³-hybridized carbons (Fsp3) is 0.333. The van der Waals surface area contributed by atoms with Crippen LogP contribution in [0, 0.1) is 0 Å². The maximum atomic E-state index is 5.87. The predicted octanol–water partition coefficient (Wildman–Crippen LogP) is 5.03. The van der Waals surface area contributed by atoms with Gasteiger partial charge in [-0.05, 0) is 54.4 Å². The van der Waals surface area contributed by atoms with Crippen LogP contribution in [0.4, 0.5) is 5.69 Å². The fourth-order valence-corrected chi connectivity index (χ4v) is 3.96. The molecule has 0 amide bonds. The highest BCUT2D eigenvalue weighted by atomic mass is 16.5. The van der Waals surface area contributed by atoms with Gasteiger partial charge in [-0.1, -0.05) is 42.5 Å². The summed E-state index contributed by atoms with van der Waals surface area (Å²) in [5.41, 5.74) is 4.02. The fourth-order valence-electron chi connectivity index (χ4n) is 3.96. The molecular formula is C27H32N2O2. The maximum Gasteiger partial charge on any atom is 0.119 e. The Kier molecular flexibility index (Phi) is 7.46. The van der Waals surface area contributed by atoms with E-state index in [2.05, 4.69) is 64.4 Å². The standard InChI is InChI=1S/C27H32N2O2/c1-2-30-26-12-14-27(15-13-26)31-21-16-23-8-10-24(11-9-23)22-28-17-19-29(20-18-28)25-6-4-3-5-7-25/h3-15H,2,16-22H2,1H3. The molecule has 1 heterocycles. The molecule has 3 aromatic rings. The van der Waals surface area contributed by atoms with Crippen molar-refractivity contribution in [1.82, 2.24) is 4.90 Å². The van der Waals surface area contributed by atoms with Gasteiger partial charge in [0.1, 0.15) is 11.5 Å². The zero-order valence-electron chi connectivity index (χ0n) is 18.4. The third-order valence-corrected chi connectivity index (χ3v) is 5.72. The van der Waals surface area contributed by atoms with E-state index in [4.69, 9.17) is 9.47 Å². The molecule has 4 nitrogen and oxygen atoms in total. The van der Waals surface area contributed by atoms with Crippen molar-refractivity contribution >= 4 is 5.69 Å². The number of rotatable bonds is 9. The number of piperazine rings is 1. The molecule has 1 fully saturated rings. The molecule has 1 aliphatic rings. The molecule has 4 rings (SSSR count). The topological polar surface area (TPSA) is 24.9 Å². The molecule has 0 atom stereocenters. The Morgan fingerprint density at radius 3 is 1.94 bits per heavy atom. The minimum absolute atomic E-state index is 0.675. The SMILES string of the molecule is CCOc1ccc(OCCc2ccc(CN3CCN(c4ccccc4)CC3)cc2)cc1. The van der Waals surface area contributed by atoms with Crippen molar-refractivity contribution in [3.63, 3.8) is 0 Å². The molecule has 162 valence electrons. The summed E-state index contributed by atoms with van der Waals surface area (Å²) in [6.45, 7) is 8.75. The molecule has 1 saturated heterocycles.